The number of nitrogens with one attached hydrogen (secondary N) is 2. The minimum Gasteiger partial charge on any atom is -0.394 e. The van der Waals surface area contributed by atoms with Crippen molar-refractivity contribution in [3.8, 4) is 11.1 Å². The summed E-state index contributed by atoms with van der Waals surface area (Å²) >= 11 is 0. The van der Waals surface area contributed by atoms with Gasteiger partial charge in [-0.25, -0.2) is 0 Å². The van der Waals surface area contributed by atoms with Crippen LogP contribution in [0, 0.1) is 5.92 Å². The number of hydrogen-bond acceptors (Lipinski definition) is 5. The van der Waals surface area contributed by atoms with E-state index in [1.807, 2.05) is 55.5 Å². The van der Waals surface area contributed by atoms with Crippen LogP contribution in [0.4, 0.5) is 0 Å². The highest BCUT2D eigenvalue weighted by atomic mass is 16.5. The highest BCUT2D eigenvalue weighted by Crippen LogP contribution is 2.22. The molecule has 0 heterocycles. The molecule has 4 N–H and O–H groups in total. The van der Waals surface area contributed by atoms with E-state index in [9.17, 15) is 15.1 Å². The van der Waals surface area contributed by atoms with Gasteiger partial charge in [-0.2, -0.15) is 0 Å². The summed E-state index contributed by atoms with van der Waals surface area (Å²) in [4.78, 5) is 13.2. The molecule has 0 saturated heterocycles. The molecule has 0 aliphatic heterocycles. The van der Waals surface area contributed by atoms with Gasteiger partial charge >= 0.3 is 0 Å². The largest absolute Gasteiger partial charge is 0.394 e. The zero-order valence-electron chi connectivity index (χ0n) is 21.5. The molecule has 3 rings (SSSR count). The fourth-order valence-electron chi connectivity index (χ4n) is 4.25. The standard InChI is InChI=1S/C31H38N2O4/c1-23(33-36)20-29(15-9-12-25-16-18-28(19-17-25)27-13-7-4-8-14-27)31(35)32-30(21-34)24(2)37-22-26-10-5-3-6-11-26/h3-8,10-11,13-14,16-19,24,29-30,33-34,36H,1,9,12,15,20-22H2,2H3,(H,32,35). The number of carbonyl (C=O) groups excluding carboxylic acids is 1. The quantitative estimate of drug-likeness (QED) is 0.213. The molecule has 0 fully saturated rings. The second-order valence-electron chi connectivity index (χ2n) is 9.37. The number of aliphatic hydroxyl groups is 1. The fraction of sp³-hybridized carbons (Fsp3) is 0.323. The Labute approximate surface area is 220 Å². The van der Waals surface area contributed by atoms with Crippen molar-refractivity contribution in [1.29, 1.82) is 0 Å². The second kappa shape index (κ2) is 15.0. The third-order valence-corrected chi connectivity index (χ3v) is 6.55. The van der Waals surface area contributed by atoms with Crippen molar-refractivity contribution in [2.45, 2.75) is 51.4 Å². The normalized spacial score (nSPS) is 13.4. The van der Waals surface area contributed by atoms with Gasteiger partial charge in [0.1, 0.15) is 0 Å². The number of hydroxylamine groups is 1. The van der Waals surface area contributed by atoms with Gasteiger partial charge in [-0.3, -0.25) is 15.5 Å². The minimum absolute atomic E-state index is 0.190. The first-order chi connectivity index (χ1) is 18.0. The Kier molecular flexibility index (Phi) is 11.4. The summed E-state index contributed by atoms with van der Waals surface area (Å²) in [6, 6.07) is 28.0. The fourth-order valence-corrected chi connectivity index (χ4v) is 4.25. The van der Waals surface area contributed by atoms with Gasteiger partial charge in [0.05, 0.1) is 25.4 Å². The number of hydrogen-bond donors (Lipinski definition) is 4. The summed E-state index contributed by atoms with van der Waals surface area (Å²) in [5.74, 6) is -0.587. The van der Waals surface area contributed by atoms with Gasteiger partial charge < -0.3 is 15.2 Å². The number of benzene rings is 3. The van der Waals surface area contributed by atoms with Gasteiger partial charge in [0.15, 0.2) is 0 Å². The van der Waals surface area contributed by atoms with E-state index < -0.39 is 12.0 Å². The van der Waals surface area contributed by atoms with Crippen molar-refractivity contribution in [3.05, 3.63) is 108 Å². The summed E-state index contributed by atoms with van der Waals surface area (Å²) < 4.78 is 5.90. The summed E-state index contributed by atoms with van der Waals surface area (Å²) in [5.41, 5.74) is 7.02. The highest BCUT2D eigenvalue weighted by molar-refractivity contribution is 5.79. The lowest BCUT2D eigenvalue weighted by atomic mass is 9.93. The summed E-state index contributed by atoms with van der Waals surface area (Å²) in [7, 11) is 0. The number of amides is 1. The maximum absolute atomic E-state index is 13.2. The van der Waals surface area contributed by atoms with E-state index in [1.165, 1.54) is 16.7 Å². The first kappa shape index (κ1) is 28.1. The zero-order chi connectivity index (χ0) is 26.5. The lowest BCUT2D eigenvalue weighted by Gasteiger charge is -2.26. The molecule has 196 valence electrons. The van der Waals surface area contributed by atoms with Crippen LogP contribution in [0.5, 0.6) is 0 Å². The average Bonchev–Trinajstić information content (AvgIpc) is 2.95. The Balaban J connectivity index is 1.54. The maximum Gasteiger partial charge on any atom is 0.223 e. The number of rotatable bonds is 15. The van der Waals surface area contributed by atoms with E-state index in [0.717, 1.165) is 18.4 Å². The number of aryl methyl sites for hydroxylation is 1. The molecule has 0 bridgehead atoms. The monoisotopic (exact) mass is 502 g/mol. The number of allylic oxidation sites excluding steroid dienone is 1. The van der Waals surface area contributed by atoms with Crippen molar-refractivity contribution >= 4 is 5.91 Å². The number of aliphatic hydroxyl groups excluding tert-OH is 1. The van der Waals surface area contributed by atoms with Crippen molar-refractivity contribution in [2.24, 2.45) is 5.92 Å². The Hall–Kier alpha value is -3.45. The predicted molar refractivity (Wildman–Crippen MR) is 147 cm³/mol. The molecule has 3 atom stereocenters. The van der Waals surface area contributed by atoms with Crippen LogP contribution in [-0.2, 0) is 22.6 Å². The van der Waals surface area contributed by atoms with Crippen molar-refractivity contribution < 1.29 is 19.8 Å². The first-order valence-corrected chi connectivity index (χ1v) is 12.8. The van der Waals surface area contributed by atoms with E-state index in [1.54, 1.807) is 0 Å². The lowest BCUT2D eigenvalue weighted by molar-refractivity contribution is -0.128. The molecular formula is C31H38N2O4. The number of ether oxygens (including phenoxy) is 1. The molecule has 0 saturated carbocycles. The summed E-state index contributed by atoms with van der Waals surface area (Å²) in [5, 5.41) is 22.1. The Bertz CT molecular complexity index is 1090. The Morgan fingerprint density at radius 1 is 0.919 bits per heavy atom. The molecule has 0 aliphatic carbocycles. The summed E-state index contributed by atoms with van der Waals surface area (Å²) in [6.45, 7) is 5.78. The average molecular weight is 503 g/mol. The molecule has 6 heteroatoms. The van der Waals surface area contributed by atoms with E-state index in [0.29, 0.717) is 25.1 Å². The van der Waals surface area contributed by atoms with Crippen LogP contribution in [0.1, 0.15) is 37.3 Å². The predicted octanol–water partition coefficient (Wildman–Crippen LogP) is 5.26. The first-order valence-electron chi connectivity index (χ1n) is 12.8. The van der Waals surface area contributed by atoms with E-state index in [-0.39, 0.29) is 18.6 Å². The van der Waals surface area contributed by atoms with Crippen LogP contribution in [0.2, 0.25) is 0 Å². The molecule has 37 heavy (non-hydrogen) atoms. The lowest BCUT2D eigenvalue weighted by Crippen LogP contribution is -2.48. The van der Waals surface area contributed by atoms with Gasteiger partial charge in [0, 0.05) is 18.0 Å². The van der Waals surface area contributed by atoms with E-state index in [4.69, 9.17) is 4.74 Å². The van der Waals surface area contributed by atoms with Gasteiger partial charge in [0.2, 0.25) is 5.91 Å². The van der Waals surface area contributed by atoms with Crippen LogP contribution in [0.3, 0.4) is 0 Å². The van der Waals surface area contributed by atoms with Crippen LogP contribution in [0.25, 0.3) is 11.1 Å². The Morgan fingerprint density at radius 2 is 1.54 bits per heavy atom. The maximum atomic E-state index is 13.2. The topological polar surface area (TPSA) is 90.8 Å². The van der Waals surface area contributed by atoms with Crippen molar-refractivity contribution in [3.63, 3.8) is 0 Å². The van der Waals surface area contributed by atoms with Crippen molar-refractivity contribution in [2.75, 3.05) is 6.61 Å². The number of carbonyl (C=O) groups is 1. The molecule has 0 aliphatic rings. The SMILES string of the molecule is C=C(CC(CCCc1ccc(-c2ccccc2)cc1)C(=O)NC(CO)C(C)OCc1ccccc1)NO. The summed E-state index contributed by atoms with van der Waals surface area (Å²) in [6.07, 6.45) is 2.16. The molecule has 0 aromatic heterocycles. The van der Waals surface area contributed by atoms with E-state index in [2.05, 4.69) is 53.8 Å². The van der Waals surface area contributed by atoms with Gasteiger partial charge in [0.25, 0.3) is 0 Å². The van der Waals surface area contributed by atoms with Crippen LogP contribution >= 0.6 is 0 Å². The van der Waals surface area contributed by atoms with E-state index >= 15 is 0 Å². The van der Waals surface area contributed by atoms with Gasteiger partial charge in [-0.05, 0) is 48.4 Å². The molecule has 3 aromatic carbocycles. The second-order valence-corrected chi connectivity index (χ2v) is 9.37. The smallest absolute Gasteiger partial charge is 0.223 e. The van der Waals surface area contributed by atoms with Crippen LogP contribution < -0.4 is 10.8 Å². The zero-order valence-corrected chi connectivity index (χ0v) is 21.5. The third-order valence-electron chi connectivity index (χ3n) is 6.55. The third kappa shape index (κ3) is 9.17. The Morgan fingerprint density at radius 3 is 2.16 bits per heavy atom. The van der Waals surface area contributed by atoms with Crippen LogP contribution in [-0.4, -0.2) is 35.0 Å². The van der Waals surface area contributed by atoms with Crippen molar-refractivity contribution in [1.82, 2.24) is 10.8 Å². The van der Waals surface area contributed by atoms with Gasteiger partial charge in [-0.1, -0.05) is 91.5 Å². The molecule has 3 aromatic rings. The molecule has 0 radical (unpaired) electrons. The van der Waals surface area contributed by atoms with Gasteiger partial charge in [-0.15, -0.1) is 0 Å². The molecule has 3 unspecified atom stereocenters. The molecule has 0 spiro atoms. The molecule has 1 amide bonds. The molecular weight excluding hydrogens is 464 g/mol. The highest BCUT2D eigenvalue weighted by Gasteiger charge is 2.25. The minimum atomic E-state index is -0.542. The van der Waals surface area contributed by atoms with Crippen LogP contribution in [0.15, 0.2) is 97.2 Å². The molecule has 6 nitrogen and oxygen atoms in total.